The molecule has 0 amide bonds. The minimum absolute atomic E-state index is 0.0464. The first-order chi connectivity index (χ1) is 16.2. The summed E-state index contributed by atoms with van der Waals surface area (Å²) in [4.78, 5) is 4.57. The smallest absolute Gasteiger partial charge is 0.314 e. The molecule has 4 heterocycles. The zero-order valence-electron chi connectivity index (χ0n) is 19.9. The van der Waals surface area contributed by atoms with E-state index in [0.29, 0.717) is 11.8 Å². The maximum absolute atomic E-state index is 13.1. The molecular formula is C29H32F3N2+. The number of alkyl halides is 3. The van der Waals surface area contributed by atoms with Crippen LogP contribution in [0.3, 0.4) is 0 Å². The zero-order chi connectivity index (χ0) is 24.1. The lowest BCUT2D eigenvalue weighted by molar-refractivity contribution is -1.01. The number of hydrogen-bond acceptors (Lipinski definition) is 1. The van der Waals surface area contributed by atoms with Gasteiger partial charge in [-0.1, -0.05) is 43.3 Å². The van der Waals surface area contributed by atoms with Gasteiger partial charge in [0, 0.05) is 41.8 Å². The molecule has 5 atom stereocenters. The summed E-state index contributed by atoms with van der Waals surface area (Å²) in [5.74, 6) is 1.31. The van der Waals surface area contributed by atoms with E-state index >= 15 is 0 Å². The molecular weight excluding hydrogens is 433 g/mol. The number of quaternary nitrogens is 1. The van der Waals surface area contributed by atoms with E-state index in [1.807, 2.05) is 12.3 Å². The van der Waals surface area contributed by atoms with Crippen LogP contribution in [-0.4, -0.2) is 28.1 Å². The second-order valence-electron chi connectivity index (χ2n) is 10.6. The number of nitrogens with zero attached hydrogens (tertiary/aromatic N) is 2. The lowest BCUT2D eigenvalue weighted by Crippen LogP contribution is -2.73. The summed E-state index contributed by atoms with van der Waals surface area (Å²) in [5, 5.41) is 1.19. The first-order valence-corrected chi connectivity index (χ1v) is 12.2. The molecule has 0 spiro atoms. The van der Waals surface area contributed by atoms with E-state index in [0.717, 1.165) is 48.0 Å². The van der Waals surface area contributed by atoms with Gasteiger partial charge in [-0.25, -0.2) is 0 Å². The van der Waals surface area contributed by atoms with Gasteiger partial charge in [0.05, 0.1) is 24.2 Å². The van der Waals surface area contributed by atoms with Crippen molar-refractivity contribution in [3.05, 3.63) is 90.1 Å². The first-order valence-electron chi connectivity index (χ1n) is 12.2. The van der Waals surface area contributed by atoms with E-state index in [9.17, 15) is 13.2 Å². The Morgan fingerprint density at radius 1 is 1.15 bits per heavy atom. The molecule has 6 rings (SSSR count). The maximum Gasteiger partial charge on any atom is 0.416 e. The van der Waals surface area contributed by atoms with Crippen LogP contribution in [0, 0.1) is 11.8 Å². The molecule has 3 saturated heterocycles. The van der Waals surface area contributed by atoms with Crippen molar-refractivity contribution in [2.24, 2.45) is 11.8 Å². The molecule has 3 aliphatic heterocycles. The van der Waals surface area contributed by atoms with Crippen molar-refractivity contribution in [1.82, 2.24) is 4.98 Å². The Morgan fingerprint density at radius 3 is 2.59 bits per heavy atom. The standard InChI is InChI=1S/C29H32F3N2/c1-4-22-19-34(18-21-9-11-24(12-10-21)29(30,31)32)16-14-23(22)17-28(34,3)20(2)25-13-15-33-27-8-6-5-7-26(25)27/h4-13,15,20,22-23H,1,14,16-19H2,2-3H3/q+1/t20-,22?,23?,28+,34?/m1/s1. The average Bonchev–Trinajstić information content (AvgIpc) is 2.83. The number of hydrogen-bond donors (Lipinski definition) is 0. The van der Waals surface area contributed by atoms with Crippen LogP contribution < -0.4 is 0 Å². The third kappa shape index (κ3) is 3.65. The highest BCUT2D eigenvalue weighted by Crippen LogP contribution is 2.55. The van der Waals surface area contributed by atoms with Gasteiger partial charge in [-0.15, -0.1) is 6.58 Å². The largest absolute Gasteiger partial charge is 0.416 e. The van der Waals surface area contributed by atoms with Crippen LogP contribution in [0.15, 0.2) is 73.4 Å². The number of aromatic nitrogens is 1. The molecule has 3 fully saturated rings. The lowest BCUT2D eigenvalue weighted by Gasteiger charge is -2.64. The fourth-order valence-corrected chi connectivity index (χ4v) is 6.87. The fraction of sp³-hybridized carbons (Fsp3) is 0.414. The number of fused-ring (bicyclic) bond motifs is 4. The van der Waals surface area contributed by atoms with Gasteiger partial charge in [0.15, 0.2) is 0 Å². The van der Waals surface area contributed by atoms with E-state index in [4.69, 9.17) is 0 Å². The Bertz CT molecular complexity index is 1200. The molecule has 3 aliphatic rings. The first kappa shape index (κ1) is 23.1. The molecule has 2 bridgehead atoms. The Labute approximate surface area is 199 Å². The molecule has 5 heteroatoms. The SMILES string of the molecule is C=CC1C[N+]2(Cc3ccc(C(F)(F)F)cc3)CCC1C[C@@]2(C)[C@H](C)c1ccnc2ccccc12. The zero-order valence-corrected chi connectivity index (χ0v) is 19.9. The topological polar surface area (TPSA) is 12.9 Å². The summed E-state index contributed by atoms with van der Waals surface area (Å²) < 4.78 is 40.3. The summed E-state index contributed by atoms with van der Waals surface area (Å²) >= 11 is 0. The van der Waals surface area contributed by atoms with Crippen LogP contribution in [0.25, 0.3) is 10.9 Å². The molecule has 34 heavy (non-hydrogen) atoms. The molecule has 2 nitrogen and oxygen atoms in total. The van der Waals surface area contributed by atoms with Gasteiger partial charge in [0.1, 0.15) is 12.1 Å². The van der Waals surface area contributed by atoms with Gasteiger partial charge in [-0.2, -0.15) is 13.2 Å². The number of pyridine rings is 1. The van der Waals surface area contributed by atoms with Gasteiger partial charge in [0.25, 0.3) is 0 Å². The van der Waals surface area contributed by atoms with Crippen molar-refractivity contribution >= 4 is 10.9 Å². The summed E-state index contributed by atoms with van der Waals surface area (Å²) in [7, 11) is 0. The van der Waals surface area contributed by atoms with E-state index in [1.165, 1.54) is 23.1 Å². The molecule has 0 aliphatic carbocycles. The van der Waals surface area contributed by atoms with Crippen LogP contribution in [0.4, 0.5) is 13.2 Å². The highest BCUT2D eigenvalue weighted by Gasteiger charge is 2.60. The molecule has 1 aromatic heterocycles. The van der Waals surface area contributed by atoms with E-state index in [-0.39, 0.29) is 11.5 Å². The van der Waals surface area contributed by atoms with Crippen LogP contribution in [0.5, 0.6) is 0 Å². The molecule has 0 radical (unpaired) electrons. The monoisotopic (exact) mass is 465 g/mol. The van der Waals surface area contributed by atoms with Crippen LogP contribution >= 0.6 is 0 Å². The van der Waals surface area contributed by atoms with E-state index in [1.54, 1.807) is 12.1 Å². The number of rotatable bonds is 5. The number of piperidine rings is 3. The number of benzene rings is 2. The molecule has 3 unspecified atom stereocenters. The lowest BCUT2D eigenvalue weighted by atomic mass is 9.62. The van der Waals surface area contributed by atoms with Crippen molar-refractivity contribution < 1.29 is 17.7 Å². The molecule has 0 saturated carbocycles. The second kappa shape index (κ2) is 8.23. The normalized spacial score (nSPS) is 29.8. The van der Waals surface area contributed by atoms with Crippen molar-refractivity contribution in [1.29, 1.82) is 0 Å². The van der Waals surface area contributed by atoms with Crippen LogP contribution in [-0.2, 0) is 12.7 Å². The predicted octanol–water partition coefficient (Wildman–Crippen LogP) is 7.36. The highest BCUT2D eigenvalue weighted by molar-refractivity contribution is 5.82. The van der Waals surface area contributed by atoms with Crippen molar-refractivity contribution in [2.75, 3.05) is 13.1 Å². The highest BCUT2D eigenvalue weighted by atomic mass is 19.4. The van der Waals surface area contributed by atoms with Gasteiger partial charge >= 0.3 is 6.18 Å². The fourth-order valence-electron chi connectivity index (χ4n) is 6.87. The Kier molecular flexibility index (Phi) is 5.59. The molecule has 2 aromatic carbocycles. The molecule has 0 N–H and O–H groups in total. The van der Waals surface area contributed by atoms with Gasteiger partial charge in [-0.3, -0.25) is 4.98 Å². The van der Waals surface area contributed by atoms with Crippen molar-refractivity contribution in [3.63, 3.8) is 0 Å². The van der Waals surface area contributed by atoms with Crippen molar-refractivity contribution in [2.45, 2.75) is 50.9 Å². The summed E-state index contributed by atoms with van der Waals surface area (Å²) in [6.07, 6.45) is 1.92. The predicted molar refractivity (Wildman–Crippen MR) is 130 cm³/mol. The van der Waals surface area contributed by atoms with E-state index < -0.39 is 11.7 Å². The van der Waals surface area contributed by atoms with Gasteiger partial charge in [-0.05, 0) is 42.7 Å². The van der Waals surface area contributed by atoms with Crippen molar-refractivity contribution in [3.8, 4) is 0 Å². The Hall–Kier alpha value is -2.66. The quantitative estimate of drug-likeness (QED) is 0.283. The Balaban J connectivity index is 1.56. The molecule has 178 valence electrons. The average molecular weight is 466 g/mol. The summed E-state index contributed by atoms with van der Waals surface area (Å²) in [6.45, 7) is 11.6. The van der Waals surface area contributed by atoms with Gasteiger partial charge < -0.3 is 4.48 Å². The van der Waals surface area contributed by atoms with Crippen LogP contribution in [0.2, 0.25) is 0 Å². The summed E-state index contributed by atoms with van der Waals surface area (Å²) in [5.41, 5.74) is 2.64. The minimum Gasteiger partial charge on any atom is -0.314 e. The second-order valence-corrected chi connectivity index (χ2v) is 10.6. The maximum atomic E-state index is 13.1. The third-order valence-corrected chi connectivity index (χ3v) is 9.00. The third-order valence-electron chi connectivity index (χ3n) is 9.00. The van der Waals surface area contributed by atoms with Gasteiger partial charge in [0.2, 0.25) is 0 Å². The Morgan fingerprint density at radius 2 is 1.88 bits per heavy atom. The summed E-state index contributed by atoms with van der Waals surface area (Å²) in [6, 6.07) is 16.3. The van der Waals surface area contributed by atoms with E-state index in [2.05, 4.69) is 55.8 Å². The number of para-hydroxylation sites is 1. The minimum atomic E-state index is -4.31. The molecule has 3 aromatic rings. The number of halogens is 3. The van der Waals surface area contributed by atoms with Crippen LogP contribution in [0.1, 0.15) is 49.3 Å².